The Hall–Kier alpha value is -3.17. The summed E-state index contributed by atoms with van der Waals surface area (Å²) in [6.07, 6.45) is 2.26. The summed E-state index contributed by atoms with van der Waals surface area (Å²) in [5, 5.41) is 17.5. The second-order valence-electron chi connectivity index (χ2n) is 7.44. The highest BCUT2D eigenvalue weighted by Gasteiger charge is 2.35. The number of carbonyl (C=O) groups excluding carboxylic acids is 1. The number of aryl methyl sites for hydroxylation is 2. The largest absolute Gasteiger partial charge is 0.467 e. The SMILES string of the molecule is Cc1ccccc1-n1c(C)nnc1SCC(=O)N1N=C(c2cccs2)C[C@H]1c1ccco1. The van der Waals surface area contributed by atoms with Gasteiger partial charge in [0.05, 0.1) is 28.3 Å². The molecule has 5 rings (SSSR count). The molecular weight excluding hydrogens is 442 g/mol. The molecule has 0 saturated carbocycles. The number of thiophene rings is 1. The Bertz CT molecular complexity index is 1260. The van der Waals surface area contributed by atoms with E-state index in [2.05, 4.69) is 15.3 Å². The Morgan fingerprint density at radius 3 is 2.78 bits per heavy atom. The van der Waals surface area contributed by atoms with Gasteiger partial charge in [-0.05, 0) is 49.1 Å². The number of aromatic nitrogens is 3. The second kappa shape index (κ2) is 8.76. The Morgan fingerprint density at radius 1 is 1.16 bits per heavy atom. The van der Waals surface area contributed by atoms with Crippen LogP contribution in [0.1, 0.15) is 34.5 Å². The van der Waals surface area contributed by atoms with Gasteiger partial charge in [0.25, 0.3) is 5.91 Å². The highest BCUT2D eigenvalue weighted by Crippen LogP contribution is 2.35. The third-order valence-corrected chi connectivity index (χ3v) is 7.15. The van der Waals surface area contributed by atoms with Gasteiger partial charge >= 0.3 is 0 Å². The lowest BCUT2D eigenvalue weighted by Crippen LogP contribution is -2.28. The summed E-state index contributed by atoms with van der Waals surface area (Å²) in [6, 6.07) is 15.6. The van der Waals surface area contributed by atoms with Crippen molar-refractivity contribution in [2.45, 2.75) is 31.5 Å². The van der Waals surface area contributed by atoms with Gasteiger partial charge in [-0.15, -0.1) is 21.5 Å². The zero-order valence-corrected chi connectivity index (χ0v) is 19.3. The van der Waals surface area contributed by atoms with Gasteiger partial charge in [0.15, 0.2) is 5.16 Å². The first kappa shape index (κ1) is 20.7. The summed E-state index contributed by atoms with van der Waals surface area (Å²) in [6.45, 7) is 3.96. The van der Waals surface area contributed by atoms with Crippen molar-refractivity contribution in [1.29, 1.82) is 0 Å². The molecule has 4 heterocycles. The normalized spacial score (nSPS) is 15.9. The van der Waals surface area contributed by atoms with Crippen molar-refractivity contribution in [3.63, 3.8) is 0 Å². The van der Waals surface area contributed by atoms with E-state index in [1.165, 1.54) is 11.8 Å². The van der Waals surface area contributed by atoms with E-state index in [4.69, 9.17) is 4.42 Å². The third-order valence-electron chi connectivity index (χ3n) is 5.32. The van der Waals surface area contributed by atoms with E-state index < -0.39 is 0 Å². The van der Waals surface area contributed by atoms with Crippen LogP contribution in [0.25, 0.3) is 5.69 Å². The highest BCUT2D eigenvalue weighted by molar-refractivity contribution is 7.99. The van der Waals surface area contributed by atoms with E-state index in [1.807, 2.05) is 72.3 Å². The molecule has 0 radical (unpaired) electrons. The van der Waals surface area contributed by atoms with Gasteiger partial charge in [0.1, 0.15) is 17.6 Å². The number of benzene rings is 1. The van der Waals surface area contributed by atoms with Crippen LogP contribution in [-0.2, 0) is 4.79 Å². The minimum absolute atomic E-state index is 0.0973. The molecule has 0 N–H and O–H groups in total. The lowest BCUT2D eigenvalue weighted by Gasteiger charge is -2.19. The number of amides is 1. The Morgan fingerprint density at radius 2 is 2.03 bits per heavy atom. The van der Waals surface area contributed by atoms with E-state index in [0.717, 1.165) is 33.4 Å². The molecule has 9 heteroatoms. The van der Waals surface area contributed by atoms with Crippen molar-refractivity contribution >= 4 is 34.7 Å². The molecule has 1 aromatic carbocycles. The molecule has 0 bridgehead atoms. The van der Waals surface area contributed by atoms with Gasteiger partial charge in [-0.25, -0.2) is 5.01 Å². The van der Waals surface area contributed by atoms with Crippen LogP contribution in [0.4, 0.5) is 0 Å². The minimum Gasteiger partial charge on any atom is -0.467 e. The Balaban J connectivity index is 1.38. The molecule has 4 aromatic rings. The molecule has 0 fully saturated rings. The maximum atomic E-state index is 13.3. The summed E-state index contributed by atoms with van der Waals surface area (Å²) in [5.41, 5.74) is 3.03. The van der Waals surface area contributed by atoms with Crippen molar-refractivity contribution in [1.82, 2.24) is 19.8 Å². The standard InChI is InChI=1S/C23H21N5O2S2/c1-15-7-3-4-8-18(15)27-16(2)24-25-23(27)32-14-22(29)28-19(20-9-5-11-30-20)13-17(26-28)21-10-6-12-31-21/h3-12,19H,13-14H2,1-2H3/t19-/m0/s1. The molecule has 0 aliphatic carbocycles. The molecule has 1 aliphatic heterocycles. The van der Waals surface area contributed by atoms with Crippen LogP contribution in [0.3, 0.4) is 0 Å². The minimum atomic E-state index is -0.244. The summed E-state index contributed by atoms with van der Waals surface area (Å²) in [7, 11) is 0. The fraction of sp³-hybridized carbons (Fsp3) is 0.217. The first-order valence-electron chi connectivity index (χ1n) is 10.2. The molecular formula is C23H21N5O2S2. The molecule has 1 atom stereocenters. The average molecular weight is 464 g/mol. The molecule has 0 unspecified atom stereocenters. The molecule has 1 aliphatic rings. The van der Waals surface area contributed by atoms with Gasteiger partial charge in [0.2, 0.25) is 0 Å². The summed E-state index contributed by atoms with van der Waals surface area (Å²) in [5.74, 6) is 1.61. The van der Waals surface area contributed by atoms with Crippen LogP contribution in [0.15, 0.2) is 74.8 Å². The fourth-order valence-corrected chi connectivity index (χ4v) is 5.32. The van der Waals surface area contributed by atoms with E-state index in [0.29, 0.717) is 11.6 Å². The zero-order valence-electron chi connectivity index (χ0n) is 17.6. The van der Waals surface area contributed by atoms with Gasteiger partial charge in [-0.3, -0.25) is 9.36 Å². The Labute approximate surface area is 193 Å². The topological polar surface area (TPSA) is 76.5 Å². The van der Waals surface area contributed by atoms with Crippen LogP contribution in [0, 0.1) is 13.8 Å². The first-order valence-corrected chi connectivity index (χ1v) is 12.1. The highest BCUT2D eigenvalue weighted by atomic mass is 32.2. The summed E-state index contributed by atoms with van der Waals surface area (Å²) < 4.78 is 7.61. The Kier molecular flexibility index (Phi) is 5.67. The van der Waals surface area contributed by atoms with Crippen LogP contribution in [0.2, 0.25) is 0 Å². The number of rotatable bonds is 6. The number of furan rings is 1. The number of para-hydroxylation sites is 1. The van der Waals surface area contributed by atoms with Crippen LogP contribution in [-0.4, -0.2) is 37.1 Å². The number of thioether (sulfide) groups is 1. The lowest BCUT2D eigenvalue weighted by molar-refractivity contribution is -0.130. The van der Waals surface area contributed by atoms with Gasteiger partial charge < -0.3 is 4.42 Å². The van der Waals surface area contributed by atoms with Gasteiger partial charge in [-0.1, -0.05) is 36.0 Å². The lowest BCUT2D eigenvalue weighted by atomic mass is 10.1. The number of carbonyl (C=O) groups is 1. The van der Waals surface area contributed by atoms with Gasteiger partial charge in [-0.2, -0.15) is 5.10 Å². The van der Waals surface area contributed by atoms with Gasteiger partial charge in [0, 0.05) is 6.42 Å². The number of nitrogens with zero attached hydrogens (tertiary/aromatic N) is 5. The molecule has 7 nitrogen and oxygen atoms in total. The van der Waals surface area contributed by atoms with Crippen molar-refractivity contribution in [2.24, 2.45) is 5.10 Å². The molecule has 162 valence electrons. The van der Waals surface area contributed by atoms with E-state index in [-0.39, 0.29) is 17.7 Å². The van der Waals surface area contributed by atoms with Crippen LogP contribution < -0.4 is 0 Å². The number of hydrazone groups is 1. The smallest absolute Gasteiger partial charge is 0.253 e. The number of hydrogen-bond donors (Lipinski definition) is 0. The zero-order chi connectivity index (χ0) is 22.1. The van der Waals surface area contributed by atoms with Crippen molar-refractivity contribution < 1.29 is 9.21 Å². The van der Waals surface area contributed by atoms with Crippen LogP contribution in [0.5, 0.6) is 0 Å². The third kappa shape index (κ3) is 3.89. The predicted molar refractivity (Wildman–Crippen MR) is 125 cm³/mol. The summed E-state index contributed by atoms with van der Waals surface area (Å²) in [4.78, 5) is 14.3. The van der Waals surface area contributed by atoms with Crippen LogP contribution >= 0.6 is 23.1 Å². The molecule has 0 spiro atoms. The monoisotopic (exact) mass is 463 g/mol. The number of hydrogen-bond acceptors (Lipinski definition) is 7. The van der Waals surface area contributed by atoms with Crippen molar-refractivity contribution in [3.05, 3.63) is 82.2 Å². The maximum Gasteiger partial charge on any atom is 0.253 e. The first-order chi connectivity index (χ1) is 15.6. The second-order valence-corrected chi connectivity index (χ2v) is 9.33. The molecule has 32 heavy (non-hydrogen) atoms. The quantitative estimate of drug-likeness (QED) is 0.376. The van der Waals surface area contributed by atoms with Crippen molar-refractivity contribution in [3.8, 4) is 5.69 Å². The van der Waals surface area contributed by atoms with Crippen molar-refractivity contribution in [2.75, 3.05) is 5.75 Å². The molecule has 3 aromatic heterocycles. The van der Waals surface area contributed by atoms with E-state index in [1.54, 1.807) is 22.6 Å². The maximum absolute atomic E-state index is 13.3. The molecule has 0 saturated heterocycles. The van der Waals surface area contributed by atoms with E-state index >= 15 is 0 Å². The fourth-order valence-electron chi connectivity index (χ4n) is 3.75. The molecule has 1 amide bonds. The predicted octanol–water partition coefficient (Wildman–Crippen LogP) is 5.01. The summed E-state index contributed by atoms with van der Waals surface area (Å²) >= 11 is 2.99. The van der Waals surface area contributed by atoms with E-state index in [9.17, 15) is 4.79 Å². The average Bonchev–Trinajstić information content (AvgIpc) is 3.59.